The van der Waals surface area contributed by atoms with Gasteiger partial charge in [0.15, 0.2) is 5.78 Å². The molecule has 7 heteroatoms. The minimum atomic E-state index is -0.674. The molecule has 0 radical (unpaired) electrons. The molecule has 2 aromatic rings. The van der Waals surface area contributed by atoms with E-state index in [2.05, 4.69) is 10.0 Å². The molecule has 0 aromatic heterocycles. The summed E-state index contributed by atoms with van der Waals surface area (Å²) >= 11 is 0. The summed E-state index contributed by atoms with van der Waals surface area (Å²) in [6.07, 6.45) is 0. The lowest BCUT2D eigenvalue weighted by Crippen LogP contribution is -2.05. The topological polar surface area (TPSA) is 109 Å². The normalized spacial score (nSPS) is 9.60. The summed E-state index contributed by atoms with van der Waals surface area (Å²) < 4.78 is 0. The molecule has 0 fully saturated rings. The number of hydrogen-bond donors (Lipinski definition) is 0. The van der Waals surface area contributed by atoms with Crippen molar-refractivity contribution in [3.8, 4) is 0 Å². The van der Waals surface area contributed by atoms with Crippen molar-refractivity contribution in [1.82, 2.24) is 0 Å². The van der Waals surface area contributed by atoms with Gasteiger partial charge in [-0.1, -0.05) is 41.5 Å². The van der Waals surface area contributed by atoms with Crippen LogP contribution < -0.4 is 0 Å². The lowest BCUT2D eigenvalue weighted by Gasteiger charge is -2.03. The third kappa shape index (κ3) is 2.63. The van der Waals surface area contributed by atoms with E-state index in [9.17, 15) is 14.9 Å². The first-order chi connectivity index (χ1) is 9.63. The molecule has 0 atom stereocenters. The van der Waals surface area contributed by atoms with Crippen LogP contribution in [0.1, 0.15) is 15.9 Å². The average Bonchev–Trinajstić information content (AvgIpc) is 2.47. The number of azide groups is 1. The minimum absolute atomic E-state index is 0.0434. The van der Waals surface area contributed by atoms with Crippen LogP contribution in [0.4, 0.5) is 11.4 Å². The third-order valence-electron chi connectivity index (χ3n) is 2.62. The number of benzene rings is 2. The van der Waals surface area contributed by atoms with Crippen molar-refractivity contribution in [3.05, 3.63) is 80.2 Å². The zero-order chi connectivity index (χ0) is 14.5. The Morgan fingerprint density at radius 1 is 1.20 bits per heavy atom. The van der Waals surface area contributed by atoms with E-state index < -0.39 is 10.7 Å². The maximum absolute atomic E-state index is 12.2. The van der Waals surface area contributed by atoms with Gasteiger partial charge < -0.3 is 0 Å². The molecule has 98 valence electrons. The van der Waals surface area contributed by atoms with Crippen molar-refractivity contribution in [3.63, 3.8) is 0 Å². The zero-order valence-electron chi connectivity index (χ0n) is 10.1. The fraction of sp³-hybridized carbons (Fsp3) is 0. The molecular weight excluding hydrogens is 260 g/mol. The molecule has 7 nitrogen and oxygen atoms in total. The molecule has 0 unspecified atom stereocenters. The Morgan fingerprint density at radius 3 is 2.50 bits per heavy atom. The van der Waals surface area contributed by atoms with Crippen molar-refractivity contribution in [1.29, 1.82) is 0 Å². The van der Waals surface area contributed by atoms with Crippen molar-refractivity contribution in [2.45, 2.75) is 0 Å². The van der Waals surface area contributed by atoms with Gasteiger partial charge >= 0.3 is 0 Å². The quantitative estimate of drug-likeness (QED) is 0.210. The van der Waals surface area contributed by atoms with Gasteiger partial charge in [0.25, 0.3) is 5.69 Å². The second kappa shape index (κ2) is 5.64. The Morgan fingerprint density at radius 2 is 1.90 bits per heavy atom. The molecule has 0 N–H and O–H groups in total. The van der Waals surface area contributed by atoms with E-state index >= 15 is 0 Å². The Kier molecular flexibility index (Phi) is 3.74. The van der Waals surface area contributed by atoms with Gasteiger partial charge in [-0.15, -0.1) is 0 Å². The van der Waals surface area contributed by atoms with E-state index in [-0.39, 0.29) is 16.9 Å². The first-order valence-corrected chi connectivity index (χ1v) is 5.57. The smallest absolute Gasteiger partial charge is 0.281 e. The van der Waals surface area contributed by atoms with Crippen LogP contribution in [-0.4, -0.2) is 10.7 Å². The zero-order valence-corrected chi connectivity index (χ0v) is 10.1. The summed E-state index contributed by atoms with van der Waals surface area (Å²) in [6.45, 7) is 0. The average molecular weight is 268 g/mol. The van der Waals surface area contributed by atoms with Crippen LogP contribution in [0.5, 0.6) is 0 Å². The van der Waals surface area contributed by atoms with Crippen molar-refractivity contribution in [2.24, 2.45) is 5.11 Å². The molecule has 0 saturated carbocycles. The number of rotatable bonds is 4. The van der Waals surface area contributed by atoms with Crippen LogP contribution in [-0.2, 0) is 0 Å². The van der Waals surface area contributed by atoms with Gasteiger partial charge in [0.05, 0.1) is 4.92 Å². The highest BCUT2D eigenvalue weighted by atomic mass is 16.6. The SMILES string of the molecule is [N-]=[N+]=Nc1ccc(C(=O)c2ccccc2)c([N+](=O)[O-])c1. The summed E-state index contributed by atoms with van der Waals surface area (Å²) in [5, 5.41) is 14.3. The van der Waals surface area contributed by atoms with Gasteiger partial charge in [0.2, 0.25) is 0 Å². The highest BCUT2D eigenvalue weighted by molar-refractivity contribution is 6.11. The Balaban J connectivity index is 2.54. The lowest BCUT2D eigenvalue weighted by molar-refractivity contribution is -0.385. The lowest BCUT2D eigenvalue weighted by atomic mass is 10.0. The molecule has 2 rings (SSSR count). The predicted octanol–water partition coefficient (Wildman–Crippen LogP) is 3.77. The number of carbonyl (C=O) groups excluding carboxylic acids is 1. The molecule has 20 heavy (non-hydrogen) atoms. The molecule has 0 aliphatic rings. The van der Waals surface area contributed by atoms with E-state index in [0.29, 0.717) is 5.56 Å². The number of hydrogen-bond acceptors (Lipinski definition) is 4. The van der Waals surface area contributed by atoms with Crippen LogP contribution in [0, 0.1) is 10.1 Å². The molecule has 0 aliphatic carbocycles. The summed E-state index contributed by atoms with van der Waals surface area (Å²) in [4.78, 5) is 25.1. The van der Waals surface area contributed by atoms with Gasteiger partial charge in [0, 0.05) is 22.2 Å². The first-order valence-electron chi connectivity index (χ1n) is 5.57. The van der Waals surface area contributed by atoms with Crippen LogP contribution in [0.15, 0.2) is 53.6 Å². The van der Waals surface area contributed by atoms with Crippen LogP contribution >= 0.6 is 0 Å². The molecule has 0 saturated heterocycles. The Bertz CT molecular complexity index is 722. The maximum atomic E-state index is 12.2. The highest BCUT2D eigenvalue weighted by Gasteiger charge is 2.21. The maximum Gasteiger partial charge on any atom is 0.281 e. The van der Waals surface area contributed by atoms with Crippen LogP contribution in [0.25, 0.3) is 10.4 Å². The molecule has 0 heterocycles. The van der Waals surface area contributed by atoms with Crippen LogP contribution in [0.2, 0.25) is 0 Å². The van der Waals surface area contributed by atoms with E-state index in [0.717, 1.165) is 6.07 Å². The number of nitro benzene ring substituents is 1. The second-order valence-electron chi connectivity index (χ2n) is 3.84. The van der Waals surface area contributed by atoms with E-state index in [1.54, 1.807) is 30.3 Å². The molecule has 0 bridgehead atoms. The van der Waals surface area contributed by atoms with E-state index in [1.165, 1.54) is 12.1 Å². The number of nitro groups is 1. The fourth-order valence-corrected chi connectivity index (χ4v) is 1.72. The first kappa shape index (κ1) is 13.3. The molecular formula is C13H8N4O3. The minimum Gasteiger partial charge on any atom is -0.288 e. The standard InChI is InChI=1S/C13H8N4O3/c14-16-15-10-6-7-11(12(8-10)17(19)20)13(18)9-4-2-1-3-5-9/h1-8H. The fourth-order valence-electron chi connectivity index (χ4n) is 1.72. The Hall–Kier alpha value is -3.18. The molecule has 0 aliphatic heterocycles. The molecule has 0 amide bonds. The van der Waals surface area contributed by atoms with Crippen molar-refractivity contribution >= 4 is 17.2 Å². The monoisotopic (exact) mass is 268 g/mol. The predicted molar refractivity (Wildman–Crippen MR) is 71.8 cm³/mol. The second-order valence-corrected chi connectivity index (χ2v) is 3.84. The largest absolute Gasteiger partial charge is 0.288 e. The number of nitrogens with zero attached hydrogens (tertiary/aromatic N) is 4. The summed E-state index contributed by atoms with van der Waals surface area (Å²) in [5.74, 6) is -0.454. The van der Waals surface area contributed by atoms with Gasteiger partial charge in [0.1, 0.15) is 5.56 Å². The van der Waals surface area contributed by atoms with E-state index in [4.69, 9.17) is 5.53 Å². The van der Waals surface area contributed by atoms with Crippen molar-refractivity contribution in [2.75, 3.05) is 0 Å². The number of carbonyl (C=O) groups is 1. The molecule has 0 spiro atoms. The van der Waals surface area contributed by atoms with Crippen molar-refractivity contribution < 1.29 is 9.72 Å². The summed E-state index contributed by atoms with van der Waals surface area (Å²) in [6, 6.07) is 12.0. The van der Waals surface area contributed by atoms with Gasteiger partial charge in [-0.05, 0) is 11.6 Å². The van der Waals surface area contributed by atoms with Gasteiger partial charge in [-0.3, -0.25) is 14.9 Å². The third-order valence-corrected chi connectivity index (χ3v) is 2.62. The number of ketones is 1. The van der Waals surface area contributed by atoms with Gasteiger partial charge in [-0.25, -0.2) is 0 Å². The Labute approximate surface area is 113 Å². The summed E-state index contributed by atoms with van der Waals surface area (Å²) in [7, 11) is 0. The van der Waals surface area contributed by atoms with Crippen LogP contribution in [0.3, 0.4) is 0 Å². The van der Waals surface area contributed by atoms with E-state index in [1.807, 2.05) is 0 Å². The summed E-state index contributed by atoms with van der Waals surface area (Å²) in [5.41, 5.74) is 8.34. The highest BCUT2D eigenvalue weighted by Crippen LogP contribution is 2.27. The molecule has 2 aromatic carbocycles. The van der Waals surface area contributed by atoms with Gasteiger partial charge in [-0.2, -0.15) is 0 Å².